The summed E-state index contributed by atoms with van der Waals surface area (Å²) in [7, 11) is 0. The third kappa shape index (κ3) is 1.54. The van der Waals surface area contributed by atoms with Crippen molar-refractivity contribution in [3.05, 3.63) is 27.9 Å². The van der Waals surface area contributed by atoms with E-state index in [9.17, 15) is 13.6 Å². The maximum Gasteiger partial charge on any atom is 0.321 e. The van der Waals surface area contributed by atoms with Crippen LogP contribution in [0.3, 0.4) is 0 Å². The highest BCUT2D eigenvalue weighted by molar-refractivity contribution is 6.29. The van der Waals surface area contributed by atoms with Crippen molar-refractivity contribution in [2.45, 2.75) is 6.55 Å². The summed E-state index contributed by atoms with van der Waals surface area (Å²) in [4.78, 5) is 14.0. The van der Waals surface area contributed by atoms with Gasteiger partial charge < -0.3 is 0 Å². The van der Waals surface area contributed by atoms with E-state index in [0.717, 1.165) is 12.4 Å². The minimum absolute atomic E-state index is 0.204. The minimum atomic E-state index is -2.87. The monoisotopic (exact) mass is 180 g/mol. The molecule has 1 aromatic rings. The van der Waals surface area contributed by atoms with E-state index in [1.807, 2.05) is 0 Å². The van der Waals surface area contributed by atoms with Gasteiger partial charge in [0.1, 0.15) is 0 Å². The smallest absolute Gasteiger partial charge is 0.266 e. The Morgan fingerprint density at radius 2 is 2.27 bits per heavy atom. The molecule has 0 N–H and O–H groups in total. The predicted molar refractivity (Wildman–Crippen MR) is 34.8 cm³/mol. The van der Waals surface area contributed by atoms with Gasteiger partial charge in [-0.2, -0.15) is 8.78 Å². The van der Waals surface area contributed by atoms with E-state index in [0.29, 0.717) is 0 Å². The molecule has 0 aliphatic carbocycles. The van der Waals surface area contributed by atoms with Gasteiger partial charge in [0, 0.05) is 12.4 Å². The van der Waals surface area contributed by atoms with Gasteiger partial charge in [0.15, 0.2) is 5.15 Å². The number of rotatable bonds is 1. The van der Waals surface area contributed by atoms with Crippen molar-refractivity contribution < 1.29 is 8.78 Å². The third-order valence-electron chi connectivity index (χ3n) is 1.04. The van der Waals surface area contributed by atoms with E-state index in [1.165, 1.54) is 0 Å². The molecular formula is C5H3ClF2N2O. The first-order valence-electron chi connectivity index (χ1n) is 2.63. The lowest BCUT2D eigenvalue weighted by molar-refractivity contribution is 0.0660. The summed E-state index contributed by atoms with van der Waals surface area (Å²) in [5, 5.41) is -0.451. The largest absolute Gasteiger partial charge is 0.321 e. The van der Waals surface area contributed by atoms with Crippen LogP contribution in [-0.4, -0.2) is 9.55 Å². The molecule has 6 heteroatoms. The van der Waals surface area contributed by atoms with Crippen molar-refractivity contribution in [1.82, 2.24) is 9.55 Å². The summed E-state index contributed by atoms with van der Waals surface area (Å²) in [6, 6.07) is 0. The van der Waals surface area contributed by atoms with Crippen molar-refractivity contribution >= 4 is 11.6 Å². The molecule has 0 unspecified atom stereocenters. The Balaban J connectivity index is 3.28. The first-order chi connectivity index (χ1) is 5.13. The van der Waals surface area contributed by atoms with Crippen LogP contribution in [0.4, 0.5) is 8.78 Å². The SMILES string of the molecule is O=c1c(Cl)nccn1C(F)F. The van der Waals surface area contributed by atoms with Gasteiger partial charge in [-0.3, -0.25) is 9.36 Å². The molecule has 0 atom stereocenters. The van der Waals surface area contributed by atoms with Gasteiger partial charge in [-0.25, -0.2) is 4.98 Å². The second kappa shape index (κ2) is 2.96. The Hall–Kier alpha value is -0.970. The van der Waals surface area contributed by atoms with E-state index < -0.39 is 17.3 Å². The van der Waals surface area contributed by atoms with Crippen molar-refractivity contribution in [2.24, 2.45) is 0 Å². The van der Waals surface area contributed by atoms with Crippen LogP contribution in [0.5, 0.6) is 0 Å². The summed E-state index contributed by atoms with van der Waals surface area (Å²) in [6.45, 7) is -2.87. The summed E-state index contributed by atoms with van der Waals surface area (Å²) >= 11 is 5.18. The lowest BCUT2D eigenvalue weighted by atomic mass is 10.7. The van der Waals surface area contributed by atoms with E-state index in [1.54, 1.807) is 0 Å². The number of nitrogens with zero attached hydrogens (tertiary/aromatic N) is 2. The van der Waals surface area contributed by atoms with Gasteiger partial charge >= 0.3 is 6.55 Å². The molecule has 0 spiro atoms. The van der Waals surface area contributed by atoms with Crippen LogP contribution < -0.4 is 5.56 Å². The number of aromatic nitrogens is 2. The molecule has 0 aromatic carbocycles. The second-order valence-electron chi connectivity index (χ2n) is 1.71. The Kier molecular flexibility index (Phi) is 2.19. The highest BCUT2D eigenvalue weighted by Gasteiger charge is 2.09. The fourth-order valence-corrected chi connectivity index (χ4v) is 0.708. The molecule has 0 amide bonds. The van der Waals surface area contributed by atoms with Gasteiger partial charge in [0.25, 0.3) is 5.56 Å². The van der Waals surface area contributed by atoms with E-state index >= 15 is 0 Å². The second-order valence-corrected chi connectivity index (χ2v) is 2.07. The molecule has 60 valence electrons. The van der Waals surface area contributed by atoms with Gasteiger partial charge in [-0.1, -0.05) is 11.6 Å². The highest BCUT2D eigenvalue weighted by atomic mass is 35.5. The predicted octanol–water partition coefficient (Wildman–Crippen LogP) is 1.29. The summed E-state index contributed by atoms with van der Waals surface area (Å²) in [5.74, 6) is 0. The molecular weight excluding hydrogens is 178 g/mol. The zero-order valence-corrected chi connectivity index (χ0v) is 5.92. The molecule has 0 aliphatic rings. The first-order valence-corrected chi connectivity index (χ1v) is 3.01. The summed E-state index contributed by atoms with van der Waals surface area (Å²) in [5.41, 5.74) is -0.982. The minimum Gasteiger partial charge on any atom is -0.266 e. The molecule has 0 radical (unpaired) electrons. The van der Waals surface area contributed by atoms with Crippen LogP contribution in [0.25, 0.3) is 0 Å². The molecule has 0 fully saturated rings. The van der Waals surface area contributed by atoms with E-state index in [-0.39, 0.29) is 4.57 Å². The Morgan fingerprint density at radius 1 is 1.64 bits per heavy atom. The van der Waals surface area contributed by atoms with Crippen LogP contribution >= 0.6 is 11.6 Å². The fraction of sp³-hybridized carbons (Fsp3) is 0.200. The van der Waals surface area contributed by atoms with E-state index in [4.69, 9.17) is 11.6 Å². The summed E-state index contributed by atoms with van der Waals surface area (Å²) in [6.07, 6.45) is 1.91. The number of hydrogen-bond acceptors (Lipinski definition) is 2. The van der Waals surface area contributed by atoms with Crippen LogP contribution in [0.1, 0.15) is 6.55 Å². The van der Waals surface area contributed by atoms with Crippen LogP contribution in [-0.2, 0) is 0 Å². The zero-order valence-electron chi connectivity index (χ0n) is 5.17. The standard InChI is InChI=1S/C5H3ClF2N2O/c6-3-4(11)10(5(7)8)2-1-9-3/h1-2,5H. The third-order valence-corrected chi connectivity index (χ3v) is 1.30. The van der Waals surface area contributed by atoms with Crippen molar-refractivity contribution in [3.8, 4) is 0 Å². The number of alkyl halides is 2. The number of hydrogen-bond donors (Lipinski definition) is 0. The zero-order chi connectivity index (χ0) is 8.43. The summed E-state index contributed by atoms with van der Waals surface area (Å²) < 4.78 is 24.0. The molecule has 0 bridgehead atoms. The van der Waals surface area contributed by atoms with Crippen LogP contribution in [0.2, 0.25) is 5.15 Å². The maximum absolute atomic E-state index is 11.9. The van der Waals surface area contributed by atoms with Crippen molar-refractivity contribution in [1.29, 1.82) is 0 Å². The van der Waals surface area contributed by atoms with Crippen LogP contribution in [0.15, 0.2) is 17.2 Å². The topological polar surface area (TPSA) is 34.9 Å². The molecule has 0 saturated carbocycles. The Morgan fingerprint density at radius 3 is 2.73 bits per heavy atom. The van der Waals surface area contributed by atoms with Crippen molar-refractivity contribution in [3.63, 3.8) is 0 Å². The molecule has 11 heavy (non-hydrogen) atoms. The maximum atomic E-state index is 11.9. The quantitative estimate of drug-likeness (QED) is 0.653. The van der Waals surface area contributed by atoms with Gasteiger partial charge in [0.05, 0.1) is 0 Å². The fourth-order valence-electron chi connectivity index (χ4n) is 0.554. The first kappa shape index (κ1) is 8.13. The van der Waals surface area contributed by atoms with Crippen LogP contribution in [0, 0.1) is 0 Å². The van der Waals surface area contributed by atoms with E-state index in [2.05, 4.69) is 4.98 Å². The lowest BCUT2D eigenvalue weighted by Crippen LogP contribution is -2.21. The lowest BCUT2D eigenvalue weighted by Gasteiger charge is -2.01. The average Bonchev–Trinajstić information content (AvgIpc) is 1.94. The highest BCUT2D eigenvalue weighted by Crippen LogP contribution is 2.05. The normalized spacial score (nSPS) is 10.5. The average molecular weight is 181 g/mol. The molecule has 0 saturated heterocycles. The van der Waals surface area contributed by atoms with Gasteiger partial charge in [0.2, 0.25) is 0 Å². The van der Waals surface area contributed by atoms with Gasteiger partial charge in [-0.15, -0.1) is 0 Å². The molecule has 1 aromatic heterocycles. The Labute approximate surface area is 65.2 Å². The Bertz CT molecular complexity index is 312. The molecule has 1 heterocycles. The van der Waals surface area contributed by atoms with Crippen molar-refractivity contribution in [2.75, 3.05) is 0 Å². The number of halogens is 3. The molecule has 0 aliphatic heterocycles. The molecule has 3 nitrogen and oxygen atoms in total. The molecule has 1 rings (SSSR count). The van der Waals surface area contributed by atoms with Gasteiger partial charge in [-0.05, 0) is 0 Å².